The zero-order valence-electron chi connectivity index (χ0n) is 12.0. The van der Waals surface area contributed by atoms with Crippen molar-refractivity contribution in [3.8, 4) is 0 Å². The van der Waals surface area contributed by atoms with Crippen LogP contribution in [0.1, 0.15) is 46.5 Å². The van der Waals surface area contributed by atoms with Crippen LogP contribution in [0.25, 0.3) is 0 Å². The van der Waals surface area contributed by atoms with Crippen molar-refractivity contribution in [3.63, 3.8) is 0 Å². The van der Waals surface area contributed by atoms with Gasteiger partial charge in [0.05, 0.1) is 0 Å². The molecule has 0 radical (unpaired) electrons. The van der Waals surface area contributed by atoms with Crippen LogP contribution in [0.15, 0.2) is 0 Å². The quantitative estimate of drug-likeness (QED) is 0.781. The van der Waals surface area contributed by atoms with E-state index in [4.69, 9.17) is 5.11 Å². The van der Waals surface area contributed by atoms with E-state index in [1.54, 1.807) is 0 Å². The Hall–Kier alpha value is -0.610. The molecule has 1 rings (SSSR count). The maximum absolute atomic E-state index is 12.1. The van der Waals surface area contributed by atoms with Gasteiger partial charge < -0.3 is 15.3 Å². The predicted octanol–water partition coefficient (Wildman–Crippen LogP) is 1.39. The number of hydrogen-bond donors (Lipinski definition) is 2. The smallest absolute Gasteiger partial charge is 0.223 e. The average molecular weight is 256 g/mol. The van der Waals surface area contributed by atoms with E-state index >= 15 is 0 Å². The molecule has 1 heterocycles. The van der Waals surface area contributed by atoms with Crippen molar-refractivity contribution in [2.24, 2.45) is 5.92 Å². The van der Waals surface area contributed by atoms with Crippen LogP contribution in [0.3, 0.4) is 0 Å². The Morgan fingerprint density at radius 3 is 2.78 bits per heavy atom. The molecule has 0 saturated carbocycles. The fraction of sp³-hybridized carbons (Fsp3) is 0.929. The number of carbonyl (C=O) groups is 1. The summed E-state index contributed by atoms with van der Waals surface area (Å²) in [6, 6.07) is 0. The van der Waals surface area contributed by atoms with Crippen molar-refractivity contribution >= 4 is 5.91 Å². The molecule has 106 valence electrons. The molecule has 18 heavy (non-hydrogen) atoms. The second-order valence-electron chi connectivity index (χ2n) is 6.29. The van der Waals surface area contributed by atoms with Gasteiger partial charge in [-0.3, -0.25) is 4.79 Å². The van der Waals surface area contributed by atoms with Gasteiger partial charge >= 0.3 is 0 Å². The standard InChI is InChI=1S/C14H28N2O2/c1-14(2,3)15-8-6-13(18)16-9-4-5-12(11-16)7-10-17/h12,15,17H,4-11H2,1-3H3. The van der Waals surface area contributed by atoms with Crippen LogP contribution >= 0.6 is 0 Å². The lowest BCUT2D eigenvalue weighted by Gasteiger charge is -2.33. The molecule has 0 aromatic rings. The molecular formula is C14H28N2O2. The van der Waals surface area contributed by atoms with Gasteiger partial charge in [0.2, 0.25) is 5.91 Å². The lowest BCUT2D eigenvalue weighted by Crippen LogP contribution is -2.43. The minimum Gasteiger partial charge on any atom is -0.396 e. The van der Waals surface area contributed by atoms with Gasteiger partial charge in [-0.25, -0.2) is 0 Å². The first-order valence-electron chi connectivity index (χ1n) is 7.06. The molecule has 0 aromatic heterocycles. The average Bonchev–Trinajstić information content (AvgIpc) is 2.28. The number of nitrogens with one attached hydrogen (secondary N) is 1. The number of carbonyl (C=O) groups excluding carboxylic acids is 1. The maximum Gasteiger partial charge on any atom is 0.223 e. The molecule has 1 amide bonds. The van der Waals surface area contributed by atoms with Crippen LogP contribution in [-0.4, -0.2) is 47.7 Å². The Morgan fingerprint density at radius 1 is 1.44 bits per heavy atom. The zero-order valence-corrected chi connectivity index (χ0v) is 12.0. The number of likely N-dealkylation sites (tertiary alicyclic amines) is 1. The number of piperidine rings is 1. The van der Waals surface area contributed by atoms with Crippen molar-refractivity contribution in [2.75, 3.05) is 26.2 Å². The number of amides is 1. The normalized spacial score (nSPS) is 21.1. The highest BCUT2D eigenvalue weighted by Crippen LogP contribution is 2.19. The first-order valence-corrected chi connectivity index (χ1v) is 7.06. The summed E-state index contributed by atoms with van der Waals surface area (Å²) in [6.07, 6.45) is 3.61. The third-order valence-electron chi connectivity index (χ3n) is 3.40. The van der Waals surface area contributed by atoms with Crippen LogP contribution in [0, 0.1) is 5.92 Å². The largest absolute Gasteiger partial charge is 0.396 e. The van der Waals surface area contributed by atoms with Crippen molar-refractivity contribution in [3.05, 3.63) is 0 Å². The minimum absolute atomic E-state index is 0.0710. The fourth-order valence-electron chi connectivity index (χ4n) is 2.41. The number of aliphatic hydroxyl groups excluding tert-OH is 1. The molecule has 1 fully saturated rings. The summed E-state index contributed by atoms with van der Waals surface area (Å²) in [7, 11) is 0. The van der Waals surface area contributed by atoms with Gasteiger partial charge in [0.15, 0.2) is 0 Å². The molecular weight excluding hydrogens is 228 g/mol. The second-order valence-corrected chi connectivity index (χ2v) is 6.29. The van der Waals surface area contributed by atoms with Crippen molar-refractivity contribution in [1.82, 2.24) is 10.2 Å². The Labute approximate surface area is 111 Å². The molecule has 0 aromatic carbocycles. The summed E-state index contributed by atoms with van der Waals surface area (Å²) in [4.78, 5) is 14.0. The summed E-state index contributed by atoms with van der Waals surface area (Å²) in [5.74, 6) is 0.734. The van der Waals surface area contributed by atoms with Crippen molar-refractivity contribution in [2.45, 2.75) is 52.0 Å². The Kier molecular flexibility index (Phi) is 6.09. The number of aliphatic hydroxyl groups is 1. The highest BCUT2D eigenvalue weighted by atomic mass is 16.3. The van der Waals surface area contributed by atoms with Crippen LogP contribution in [0.5, 0.6) is 0 Å². The summed E-state index contributed by atoms with van der Waals surface area (Å²) in [6.45, 7) is 9.01. The monoisotopic (exact) mass is 256 g/mol. The topological polar surface area (TPSA) is 52.6 Å². The van der Waals surface area contributed by atoms with Crippen LogP contribution in [0.2, 0.25) is 0 Å². The van der Waals surface area contributed by atoms with Crippen LogP contribution < -0.4 is 5.32 Å². The van der Waals surface area contributed by atoms with E-state index < -0.39 is 0 Å². The number of rotatable bonds is 5. The third kappa shape index (κ3) is 5.83. The van der Waals surface area contributed by atoms with E-state index in [-0.39, 0.29) is 18.1 Å². The van der Waals surface area contributed by atoms with Crippen LogP contribution in [0.4, 0.5) is 0 Å². The second kappa shape index (κ2) is 7.10. The Bertz CT molecular complexity index is 259. The van der Waals surface area contributed by atoms with Gasteiger partial charge in [-0.05, 0) is 46.0 Å². The number of nitrogens with zero attached hydrogens (tertiary/aromatic N) is 1. The SMILES string of the molecule is CC(C)(C)NCCC(=O)N1CCCC(CCO)C1. The molecule has 4 nitrogen and oxygen atoms in total. The Morgan fingerprint density at radius 2 is 2.17 bits per heavy atom. The van der Waals surface area contributed by atoms with E-state index in [1.165, 1.54) is 0 Å². The van der Waals surface area contributed by atoms with E-state index in [1.807, 2.05) is 4.90 Å². The summed E-state index contributed by atoms with van der Waals surface area (Å²) in [5.41, 5.74) is 0.0710. The van der Waals surface area contributed by atoms with Gasteiger partial charge in [-0.1, -0.05) is 0 Å². The summed E-state index contributed by atoms with van der Waals surface area (Å²) >= 11 is 0. The predicted molar refractivity (Wildman–Crippen MR) is 73.4 cm³/mol. The summed E-state index contributed by atoms with van der Waals surface area (Å²) in [5, 5.41) is 12.3. The molecule has 1 aliphatic rings. The van der Waals surface area contributed by atoms with E-state index in [0.717, 1.165) is 38.9 Å². The Balaban J connectivity index is 2.28. The van der Waals surface area contributed by atoms with E-state index in [9.17, 15) is 4.79 Å². The zero-order chi connectivity index (χ0) is 13.6. The third-order valence-corrected chi connectivity index (χ3v) is 3.40. The fourth-order valence-corrected chi connectivity index (χ4v) is 2.41. The maximum atomic E-state index is 12.1. The van der Waals surface area contributed by atoms with Crippen LogP contribution in [-0.2, 0) is 4.79 Å². The molecule has 4 heteroatoms. The number of hydrogen-bond acceptors (Lipinski definition) is 3. The first-order chi connectivity index (χ1) is 8.42. The molecule has 1 unspecified atom stereocenters. The van der Waals surface area contributed by atoms with Crippen molar-refractivity contribution < 1.29 is 9.90 Å². The van der Waals surface area contributed by atoms with E-state index in [2.05, 4.69) is 26.1 Å². The highest BCUT2D eigenvalue weighted by Gasteiger charge is 2.23. The van der Waals surface area contributed by atoms with Gasteiger partial charge in [0.1, 0.15) is 0 Å². The lowest BCUT2D eigenvalue weighted by molar-refractivity contribution is -0.133. The highest BCUT2D eigenvalue weighted by molar-refractivity contribution is 5.76. The van der Waals surface area contributed by atoms with E-state index in [0.29, 0.717) is 12.3 Å². The van der Waals surface area contributed by atoms with Gasteiger partial charge in [-0.2, -0.15) is 0 Å². The van der Waals surface area contributed by atoms with Gasteiger partial charge in [-0.15, -0.1) is 0 Å². The molecule has 0 aliphatic carbocycles. The van der Waals surface area contributed by atoms with Crippen molar-refractivity contribution in [1.29, 1.82) is 0 Å². The summed E-state index contributed by atoms with van der Waals surface area (Å²) < 4.78 is 0. The first kappa shape index (κ1) is 15.4. The van der Waals surface area contributed by atoms with Gasteiger partial charge in [0, 0.05) is 38.2 Å². The van der Waals surface area contributed by atoms with Gasteiger partial charge in [0.25, 0.3) is 0 Å². The molecule has 2 N–H and O–H groups in total. The molecule has 1 atom stereocenters. The molecule has 0 bridgehead atoms. The lowest BCUT2D eigenvalue weighted by atomic mass is 9.95. The molecule has 1 saturated heterocycles. The molecule has 0 spiro atoms. The minimum atomic E-state index is 0.0710. The molecule has 1 aliphatic heterocycles.